The SMILES string of the molecule is C#CCN.C#CCNC(=O)c1cccc(C2CC(=O)Cc3cc(C)c(C)cc3N2)c1.Cc1cc2c(cc1C)NC(c1cccc(C(=O)O)c1)CC(=O)C2. The van der Waals surface area contributed by atoms with Crippen LogP contribution in [-0.4, -0.2) is 41.6 Å². The van der Waals surface area contributed by atoms with Crippen molar-refractivity contribution in [1.29, 1.82) is 0 Å². The van der Waals surface area contributed by atoms with Crippen LogP contribution in [0.15, 0.2) is 72.8 Å². The average molecular weight is 711 g/mol. The Labute approximate surface area is 311 Å². The van der Waals surface area contributed by atoms with E-state index >= 15 is 0 Å². The van der Waals surface area contributed by atoms with Crippen molar-refractivity contribution < 1.29 is 24.3 Å². The summed E-state index contributed by atoms with van der Waals surface area (Å²) in [6.07, 6.45) is 11.4. The number of carboxylic acid groups (broad SMARTS) is 1. The molecule has 2 heterocycles. The summed E-state index contributed by atoms with van der Waals surface area (Å²) in [6, 6.07) is 22.1. The molecule has 0 aromatic heterocycles. The van der Waals surface area contributed by atoms with Gasteiger partial charge in [-0.2, -0.15) is 0 Å². The summed E-state index contributed by atoms with van der Waals surface area (Å²) in [5.41, 5.74) is 16.0. The van der Waals surface area contributed by atoms with Gasteiger partial charge in [0.05, 0.1) is 30.7 Å². The van der Waals surface area contributed by atoms with Crippen molar-refractivity contribution in [2.75, 3.05) is 23.7 Å². The standard InChI is InChI=1S/C22H22N2O2.C19H19NO3.C3H5N/c1-4-8-23-22(26)17-7-5-6-16(11-17)21-13-19(25)12-18-9-14(2)15(3)10-20(18)24-21;1-11-6-15-9-16(21)10-18(20-17(15)7-12(11)2)13-4-3-5-14(8-13)19(22)23;1-2-3-4/h1,5-7,9-11,21,24H,8,12-13H2,2-3H3,(H,23,26);3-8,18,20H,9-10H2,1-2H3,(H,22,23);1H,3-4H2. The van der Waals surface area contributed by atoms with Crippen LogP contribution in [-0.2, 0) is 22.4 Å². The fourth-order valence-electron chi connectivity index (χ4n) is 6.24. The number of terminal acetylenes is 2. The summed E-state index contributed by atoms with van der Waals surface area (Å²) in [6.45, 7) is 8.74. The van der Waals surface area contributed by atoms with Crippen molar-refractivity contribution in [2.24, 2.45) is 5.73 Å². The third kappa shape index (κ3) is 10.7. The Morgan fingerprint density at radius 1 is 0.736 bits per heavy atom. The van der Waals surface area contributed by atoms with E-state index in [1.807, 2.05) is 38.1 Å². The molecule has 0 bridgehead atoms. The number of anilines is 2. The van der Waals surface area contributed by atoms with Gasteiger partial charge in [0.15, 0.2) is 0 Å². The average Bonchev–Trinajstić information content (AvgIpc) is 3.40. The lowest BCUT2D eigenvalue weighted by molar-refractivity contribution is -0.119. The van der Waals surface area contributed by atoms with Gasteiger partial charge in [-0.1, -0.05) is 48.2 Å². The van der Waals surface area contributed by atoms with E-state index < -0.39 is 5.97 Å². The highest BCUT2D eigenvalue weighted by molar-refractivity contribution is 5.94. The van der Waals surface area contributed by atoms with E-state index in [1.165, 1.54) is 22.3 Å². The summed E-state index contributed by atoms with van der Waals surface area (Å²) < 4.78 is 0. The van der Waals surface area contributed by atoms with Gasteiger partial charge in [0.25, 0.3) is 5.91 Å². The van der Waals surface area contributed by atoms with Crippen LogP contribution in [0.2, 0.25) is 0 Å². The zero-order chi connectivity index (χ0) is 38.7. The fourth-order valence-corrected chi connectivity index (χ4v) is 6.24. The number of carbonyl (C=O) groups is 4. The predicted octanol–water partition coefficient (Wildman–Crippen LogP) is 6.58. The van der Waals surface area contributed by atoms with Crippen molar-refractivity contribution in [3.8, 4) is 24.7 Å². The van der Waals surface area contributed by atoms with Gasteiger partial charge in [0, 0.05) is 42.6 Å². The second kappa shape index (κ2) is 18.4. The van der Waals surface area contributed by atoms with Crippen molar-refractivity contribution in [1.82, 2.24) is 5.32 Å². The number of ketones is 2. The van der Waals surface area contributed by atoms with E-state index in [0.717, 1.165) is 33.6 Å². The number of rotatable bonds is 5. The highest BCUT2D eigenvalue weighted by Gasteiger charge is 2.25. The van der Waals surface area contributed by atoms with Crippen LogP contribution in [0.25, 0.3) is 0 Å². The zero-order valence-corrected chi connectivity index (χ0v) is 30.6. The molecule has 272 valence electrons. The molecule has 0 spiro atoms. The molecule has 4 aromatic rings. The molecule has 6 N–H and O–H groups in total. The maximum Gasteiger partial charge on any atom is 0.335 e. The molecule has 2 atom stereocenters. The quantitative estimate of drug-likeness (QED) is 0.146. The number of Topliss-reactive ketones (excluding diaryl/α,β-unsaturated/α-hetero) is 2. The summed E-state index contributed by atoms with van der Waals surface area (Å²) in [5.74, 6) is 3.77. The number of hydrogen-bond donors (Lipinski definition) is 5. The summed E-state index contributed by atoms with van der Waals surface area (Å²) in [7, 11) is 0. The molecule has 53 heavy (non-hydrogen) atoms. The number of nitrogens with one attached hydrogen (secondary N) is 3. The Morgan fingerprint density at radius 2 is 1.17 bits per heavy atom. The highest BCUT2D eigenvalue weighted by Crippen LogP contribution is 2.33. The van der Waals surface area contributed by atoms with Crippen molar-refractivity contribution >= 4 is 34.8 Å². The minimum atomic E-state index is -0.960. The molecule has 2 unspecified atom stereocenters. The minimum absolute atomic E-state index is 0.158. The molecule has 0 radical (unpaired) electrons. The number of benzene rings is 4. The lowest BCUT2D eigenvalue weighted by atomic mass is 9.98. The third-order valence-corrected chi connectivity index (χ3v) is 9.29. The lowest BCUT2D eigenvalue weighted by Crippen LogP contribution is -2.24. The molecule has 4 aromatic carbocycles. The first-order valence-electron chi connectivity index (χ1n) is 17.4. The summed E-state index contributed by atoms with van der Waals surface area (Å²) >= 11 is 0. The second-order valence-electron chi connectivity index (χ2n) is 13.3. The molecule has 2 aliphatic heterocycles. The maximum atomic E-state index is 12.4. The van der Waals surface area contributed by atoms with Gasteiger partial charge in [0.2, 0.25) is 0 Å². The van der Waals surface area contributed by atoms with Gasteiger partial charge < -0.3 is 26.8 Å². The topological polar surface area (TPSA) is 151 Å². The van der Waals surface area contributed by atoms with Crippen molar-refractivity contribution in [3.63, 3.8) is 0 Å². The van der Waals surface area contributed by atoms with E-state index in [4.69, 9.17) is 17.3 Å². The third-order valence-electron chi connectivity index (χ3n) is 9.29. The van der Waals surface area contributed by atoms with E-state index in [1.54, 1.807) is 24.3 Å². The van der Waals surface area contributed by atoms with E-state index in [2.05, 4.69) is 72.3 Å². The molecule has 0 fully saturated rings. The van der Waals surface area contributed by atoms with E-state index in [-0.39, 0.29) is 41.7 Å². The number of nitrogens with two attached hydrogens (primary N) is 1. The van der Waals surface area contributed by atoms with Crippen molar-refractivity contribution in [3.05, 3.63) is 128 Å². The van der Waals surface area contributed by atoms with Crippen LogP contribution < -0.4 is 21.7 Å². The number of fused-ring (bicyclic) bond motifs is 2. The van der Waals surface area contributed by atoms with Crippen LogP contribution in [0, 0.1) is 52.4 Å². The van der Waals surface area contributed by atoms with Gasteiger partial charge in [-0.3, -0.25) is 14.4 Å². The van der Waals surface area contributed by atoms with Gasteiger partial charge in [0.1, 0.15) is 11.6 Å². The van der Waals surface area contributed by atoms with Gasteiger partial charge in [-0.25, -0.2) is 4.79 Å². The van der Waals surface area contributed by atoms with Crippen molar-refractivity contribution in [2.45, 2.75) is 65.5 Å². The molecule has 9 nitrogen and oxygen atoms in total. The second-order valence-corrected chi connectivity index (χ2v) is 13.3. The summed E-state index contributed by atoms with van der Waals surface area (Å²) in [4.78, 5) is 48.1. The van der Waals surface area contributed by atoms with Crippen LogP contribution >= 0.6 is 0 Å². The van der Waals surface area contributed by atoms with E-state index in [9.17, 15) is 19.2 Å². The molecule has 0 saturated carbocycles. The zero-order valence-electron chi connectivity index (χ0n) is 30.6. The first kappa shape index (κ1) is 39.6. The van der Waals surface area contributed by atoms with Crippen LogP contribution in [0.1, 0.15) is 90.1 Å². The summed E-state index contributed by atoms with van der Waals surface area (Å²) in [5, 5.41) is 18.7. The highest BCUT2D eigenvalue weighted by atomic mass is 16.4. The monoisotopic (exact) mass is 710 g/mol. The van der Waals surface area contributed by atoms with Crippen LogP contribution in [0.4, 0.5) is 11.4 Å². The first-order chi connectivity index (χ1) is 25.3. The van der Waals surface area contributed by atoms with Gasteiger partial charge >= 0.3 is 5.97 Å². The largest absolute Gasteiger partial charge is 0.478 e. The first-order valence-corrected chi connectivity index (χ1v) is 17.4. The molecular weight excluding hydrogens is 665 g/mol. The predicted molar refractivity (Wildman–Crippen MR) is 210 cm³/mol. The molecular formula is C44H46N4O5. The Morgan fingerprint density at radius 3 is 1.60 bits per heavy atom. The lowest BCUT2D eigenvalue weighted by Gasteiger charge is -2.19. The smallest absolute Gasteiger partial charge is 0.335 e. The van der Waals surface area contributed by atoms with Crippen LogP contribution in [0.5, 0.6) is 0 Å². The number of aromatic carboxylic acids is 1. The Hall–Kier alpha value is -6.16. The fraction of sp³-hybridized carbons (Fsp3) is 0.273. The van der Waals surface area contributed by atoms with Gasteiger partial charge in [-0.05, 0) is 109 Å². The van der Waals surface area contributed by atoms with E-state index in [0.29, 0.717) is 37.8 Å². The Balaban J connectivity index is 0.000000216. The molecule has 6 rings (SSSR count). The minimum Gasteiger partial charge on any atom is -0.478 e. The Bertz CT molecular complexity index is 2110. The number of carbonyl (C=O) groups excluding carboxylic acids is 3. The molecule has 1 amide bonds. The number of aryl methyl sites for hydroxylation is 4. The normalized spacial score (nSPS) is 15.7. The molecule has 0 aliphatic carbocycles. The number of carboxylic acids is 1. The van der Waals surface area contributed by atoms with Crippen LogP contribution in [0.3, 0.4) is 0 Å². The molecule has 9 heteroatoms. The molecule has 0 saturated heterocycles. The van der Waals surface area contributed by atoms with Gasteiger partial charge in [-0.15, -0.1) is 12.8 Å². The molecule has 2 aliphatic rings. The Kier molecular flexibility index (Phi) is 13.7. The number of amides is 1. The number of hydrogen-bond acceptors (Lipinski definition) is 7. The maximum absolute atomic E-state index is 12.4.